The molecule has 0 spiro atoms. The van der Waals surface area contributed by atoms with Crippen molar-refractivity contribution >= 4 is 0 Å². The number of aliphatic hydroxyl groups excluding tert-OH is 1. The second-order valence-corrected chi connectivity index (χ2v) is 7.10. The minimum Gasteiger partial charge on any atom is -0.497 e. The summed E-state index contributed by atoms with van der Waals surface area (Å²) in [5.41, 5.74) is 1.01. The van der Waals surface area contributed by atoms with Crippen molar-refractivity contribution in [2.75, 3.05) is 33.4 Å². The number of benzene rings is 2. The minimum absolute atomic E-state index is 0.00415. The monoisotopic (exact) mass is 389 g/mol. The van der Waals surface area contributed by atoms with Crippen LogP contribution >= 0.6 is 0 Å². The Hall–Kier alpha value is -2.15. The highest BCUT2D eigenvalue weighted by molar-refractivity contribution is 5.31. The number of rotatable bonds is 9. The summed E-state index contributed by atoms with van der Waals surface area (Å²) < 4.78 is 29.6. The van der Waals surface area contributed by atoms with Crippen molar-refractivity contribution in [1.82, 2.24) is 5.32 Å². The summed E-state index contributed by atoms with van der Waals surface area (Å²) in [5.74, 6) is 1.69. The van der Waals surface area contributed by atoms with Crippen LogP contribution in [0, 0.1) is 11.7 Å². The average Bonchev–Trinajstić information content (AvgIpc) is 2.73. The zero-order valence-corrected chi connectivity index (χ0v) is 16.1. The van der Waals surface area contributed by atoms with Crippen LogP contribution in [0.3, 0.4) is 0 Å². The first-order chi connectivity index (χ1) is 13.6. The Balaban J connectivity index is 1.36. The smallest absolute Gasteiger partial charge is 0.123 e. The number of aliphatic hydroxyl groups is 1. The largest absolute Gasteiger partial charge is 0.497 e. The van der Waals surface area contributed by atoms with Crippen molar-refractivity contribution in [2.45, 2.75) is 25.0 Å². The highest BCUT2D eigenvalue weighted by Crippen LogP contribution is 2.31. The molecule has 1 fully saturated rings. The van der Waals surface area contributed by atoms with E-state index in [4.69, 9.17) is 14.2 Å². The van der Waals surface area contributed by atoms with Gasteiger partial charge in [-0.25, -0.2) is 4.39 Å². The van der Waals surface area contributed by atoms with Crippen LogP contribution in [-0.4, -0.2) is 44.6 Å². The Kier molecular flexibility index (Phi) is 7.65. The van der Waals surface area contributed by atoms with Gasteiger partial charge in [-0.1, -0.05) is 12.1 Å². The third-order valence-electron chi connectivity index (χ3n) is 4.95. The fourth-order valence-corrected chi connectivity index (χ4v) is 3.34. The number of methoxy groups -OCH3 is 1. The van der Waals surface area contributed by atoms with Crippen molar-refractivity contribution in [3.8, 4) is 11.5 Å². The Morgan fingerprint density at radius 3 is 2.57 bits per heavy atom. The Bertz CT molecular complexity index is 707. The molecule has 152 valence electrons. The summed E-state index contributed by atoms with van der Waals surface area (Å²) in [6.45, 7) is 2.19. The molecule has 5 nitrogen and oxygen atoms in total. The fraction of sp³-hybridized carbons (Fsp3) is 0.455. The number of nitrogens with one attached hydrogen (secondary N) is 1. The summed E-state index contributed by atoms with van der Waals surface area (Å²) in [5, 5.41) is 13.4. The van der Waals surface area contributed by atoms with Crippen molar-refractivity contribution in [2.24, 2.45) is 5.92 Å². The van der Waals surface area contributed by atoms with Gasteiger partial charge in [-0.05, 0) is 67.3 Å². The molecule has 0 aliphatic carbocycles. The third kappa shape index (κ3) is 6.19. The Morgan fingerprint density at radius 2 is 1.86 bits per heavy atom. The fourth-order valence-electron chi connectivity index (χ4n) is 3.34. The van der Waals surface area contributed by atoms with Gasteiger partial charge in [0.2, 0.25) is 0 Å². The van der Waals surface area contributed by atoms with Gasteiger partial charge >= 0.3 is 0 Å². The van der Waals surface area contributed by atoms with Crippen LogP contribution in [0.5, 0.6) is 11.5 Å². The zero-order valence-electron chi connectivity index (χ0n) is 16.1. The molecule has 3 rings (SSSR count). The van der Waals surface area contributed by atoms with Crippen LogP contribution in [0.1, 0.15) is 24.5 Å². The lowest BCUT2D eigenvalue weighted by atomic mass is 9.92. The van der Waals surface area contributed by atoms with E-state index in [1.807, 2.05) is 24.3 Å². The van der Waals surface area contributed by atoms with Gasteiger partial charge in [0.1, 0.15) is 30.0 Å². The second-order valence-electron chi connectivity index (χ2n) is 7.10. The average molecular weight is 389 g/mol. The maximum Gasteiger partial charge on any atom is 0.123 e. The Morgan fingerprint density at radius 1 is 1.14 bits per heavy atom. The molecule has 2 aromatic carbocycles. The van der Waals surface area contributed by atoms with Gasteiger partial charge in [-0.3, -0.25) is 0 Å². The zero-order chi connectivity index (χ0) is 19.8. The maximum atomic E-state index is 13.1. The third-order valence-corrected chi connectivity index (χ3v) is 4.95. The van der Waals surface area contributed by atoms with Crippen LogP contribution in [-0.2, 0) is 4.74 Å². The van der Waals surface area contributed by atoms with Gasteiger partial charge in [0.25, 0.3) is 0 Å². The first-order valence-electron chi connectivity index (χ1n) is 9.66. The van der Waals surface area contributed by atoms with Crippen LogP contribution in [0.4, 0.5) is 4.39 Å². The second kappa shape index (κ2) is 10.4. The molecule has 2 N–H and O–H groups in total. The van der Waals surface area contributed by atoms with Gasteiger partial charge in [0.15, 0.2) is 0 Å². The van der Waals surface area contributed by atoms with E-state index in [0.717, 1.165) is 30.7 Å². The van der Waals surface area contributed by atoms with E-state index in [1.165, 1.54) is 12.1 Å². The number of hydrogen-bond donors (Lipinski definition) is 2. The standard InChI is InChI=1S/C22H28FNO4/c1-26-20-6-8-21(9-7-20)28-15-19(25)14-24-13-16-10-11-27-22(12-16)17-2-4-18(23)5-3-17/h2-9,16,19,22,24-25H,10-15H2,1H3. The summed E-state index contributed by atoms with van der Waals surface area (Å²) >= 11 is 0. The molecule has 28 heavy (non-hydrogen) atoms. The minimum atomic E-state index is -0.588. The number of ether oxygens (including phenoxy) is 3. The molecule has 0 radical (unpaired) electrons. The molecule has 0 amide bonds. The summed E-state index contributed by atoms with van der Waals surface area (Å²) in [4.78, 5) is 0. The van der Waals surface area contributed by atoms with Gasteiger partial charge in [0, 0.05) is 13.2 Å². The molecule has 1 heterocycles. The van der Waals surface area contributed by atoms with Gasteiger partial charge in [-0.2, -0.15) is 0 Å². The van der Waals surface area contributed by atoms with Crippen LogP contribution in [0.2, 0.25) is 0 Å². The topological polar surface area (TPSA) is 60.0 Å². The Labute approximate surface area is 165 Å². The molecule has 1 aliphatic heterocycles. The lowest BCUT2D eigenvalue weighted by Gasteiger charge is -2.30. The van der Waals surface area contributed by atoms with E-state index in [9.17, 15) is 9.50 Å². The molecule has 0 bridgehead atoms. The van der Waals surface area contributed by atoms with Crippen molar-refractivity contribution in [3.05, 3.63) is 59.9 Å². The molecule has 2 aromatic rings. The molecule has 3 atom stereocenters. The molecule has 1 saturated heterocycles. The lowest BCUT2D eigenvalue weighted by Crippen LogP contribution is -2.36. The summed E-state index contributed by atoms with van der Waals surface area (Å²) in [7, 11) is 1.62. The van der Waals surface area contributed by atoms with Gasteiger partial charge in [-0.15, -0.1) is 0 Å². The normalized spacial score (nSPS) is 20.5. The molecular weight excluding hydrogens is 361 g/mol. The SMILES string of the molecule is COc1ccc(OCC(O)CNCC2CCOC(c3ccc(F)cc3)C2)cc1. The van der Waals surface area contributed by atoms with E-state index in [0.29, 0.717) is 24.8 Å². The molecule has 1 aliphatic rings. The molecule has 3 unspecified atom stereocenters. The summed E-state index contributed by atoms with van der Waals surface area (Å²) in [6.07, 6.45) is 1.28. The van der Waals surface area contributed by atoms with Crippen molar-refractivity contribution in [3.63, 3.8) is 0 Å². The molecule has 0 aromatic heterocycles. The highest BCUT2D eigenvalue weighted by atomic mass is 19.1. The van der Waals surface area contributed by atoms with Crippen LogP contribution in [0.25, 0.3) is 0 Å². The van der Waals surface area contributed by atoms with E-state index in [1.54, 1.807) is 19.2 Å². The number of hydrogen-bond acceptors (Lipinski definition) is 5. The van der Waals surface area contributed by atoms with E-state index in [-0.39, 0.29) is 18.5 Å². The first-order valence-corrected chi connectivity index (χ1v) is 9.66. The molecular formula is C22H28FNO4. The maximum absolute atomic E-state index is 13.1. The number of halogens is 1. The van der Waals surface area contributed by atoms with E-state index in [2.05, 4.69) is 5.32 Å². The predicted molar refractivity (Wildman–Crippen MR) is 105 cm³/mol. The molecule has 0 saturated carbocycles. The highest BCUT2D eigenvalue weighted by Gasteiger charge is 2.24. The quantitative estimate of drug-likeness (QED) is 0.689. The molecule has 6 heteroatoms. The van der Waals surface area contributed by atoms with E-state index < -0.39 is 6.10 Å². The van der Waals surface area contributed by atoms with Gasteiger partial charge < -0.3 is 24.6 Å². The predicted octanol–water partition coefficient (Wildman–Crippen LogP) is 3.33. The first kappa shape index (κ1) is 20.6. The van der Waals surface area contributed by atoms with Crippen LogP contribution in [0.15, 0.2) is 48.5 Å². The van der Waals surface area contributed by atoms with Crippen LogP contribution < -0.4 is 14.8 Å². The van der Waals surface area contributed by atoms with E-state index >= 15 is 0 Å². The lowest BCUT2D eigenvalue weighted by molar-refractivity contribution is -0.0107. The summed E-state index contributed by atoms with van der Waals surface area (Å²) in [6, 6.07) is 13.8. The van der Waals surface area contributed by atoms with Gasteiger partial charge in [0.05, 0.1) is 13.2 Å². The van der Waals surface area contributed by atoms with Crippen molar-refractivity contribution < 1.29 is 23.7 Å². The van der Waals surface area contributed by atoms with Crippen molar-refractivity contribution in [1.29, 1.82) is 0 Å².